The van der Waals surface area contributed by atoms with Crippen LogP contribution in [0.5, 0.6) is 0 Å². The van der Waals surface area contributed by atoms with Crippen LogP contribution in [0.4, 0.5) is 0 Å². The zero-order valence-corrected chi connectivity index (χ0v) is 15.8. The Morgan fingerprint density at radius 1 is 0.808 bits per heavy atom. The van der Waals surface area contributed by atoms with Crippen molar-refractivity contribution in [1.29, 1.82) is 10.5 Å². The van der Waals surface area contributed by atoms with E-state index in [1.807, 2.05) is 0 Å². The van der Waals surface area contributed by atoms with E-state index < -0.39 is 11.1 Å². The molecule has 3 aliphatic rings. The van der Waals surface area contributed by atoms with Crippen LogP contribution in [0.15, 0.2) is 0 Å². The highest BCUT2D eigenvalue weighted by Crippen LogP contribution is 2.41. The second kappa shape index (κ2) is 6.91. The van der Waals surface area contributed by atoms with Gasteiger partial charge in [0.2, 0.25) is 11.8 Å². The van der Waals surface area contributed by atoms with Gasteiger partial charge in [0.05, 0.1) is 12.1 Å². The summed E-state index contributed by atoms with van der Waals surface area (Å²) >= 11 is 0. The quantitative estimate of drug-likeness (QED) is 0.774. The monoisotopic (exact) mass is 356 g/mol. The molecule has 3 fully saturated rings. The van der Waals surface area contributed by atoms with Crippen LogP contribution in [0.3, 0.4) is 0 Å². The Kier molecular flexibility index (Phi) is 4.97. The highest BCUT2D eigenvalue weighted by molar-refractivity contribution is 5.83. The summed E-state index contributed by atoms with van der Waals surface area (Å²) in [5.41, 5.74) is -1.27. The van der Waals surface area contributed by atoms with Crippen LogP contribution in [0.2, 0.25) is 0 Å². The van der Waals surface area contributed by atoms with Crippen LogP contribution in [0.25, 0.3) is 0 Å². The number of hydrogen-bond acceptors (Lipinski definition) is 4. The molecule has 6 heteroatoms. The highest BCUT2D eigenvalue weighted by atomic mass is 16.2. The Morgan fingerprint density at radius 2 is 1.19 bits per heavy atom. The first-order valence-electron chi connectivity index (χ1n) is 9.77. The van der Waals surface area contributed by atoms with Gasteiger partial charge in [0.15, 0.2) is 0 Å². The SMILES string of the molecule is CN(C(=O)C1CCCC(C(=O)N(C)C2(C#N)CCC2)C1)C1(C#N)CCC1. The molecule has 0 aromatic carbocycles. The van der Waals surface area contributed by atoms with Crippen LogP contribution in [0.1, 0.15) is 64.2 Å². The molecule has 0 aromatic heterocycles. The molecule has 26 heavy (non-hydrogen) atoms. The molecule has 0 aromatic rings. The maximum absolute atomic E-state index is 13.0. The lowest BCUT2D eigenvalue weighted by molar-refractivity contribution is -0.146. The topological polar surface area (TPSA) is 88.2 Å². The molecule has 2 atom stereocenters. The van der Waals surface area contributed by atoms with Crippen LogP contribution in [-0.2, 0) is 9.59 Å². The lowest BCUT2D eigenvalue weighted by atomic mass is 9.73. The first kappa shape index (κ1) is 18.7. The smallest absolute Gasteiger partial charge is 0.226 e. The molecule has 3 rings (SSSR count). The van der Waals surface area contributed by atoms with Crippen molar-refractivity contribution in [3.8, 4) is 12.1 Å². The molecule has 0 bridgehead atoms. The molecule has 0 heterocycles. The van der Waals surface area contributed by atoms with E-state index in [0.717, 1.165) is 57.8 Å². The van der Waals surface area contributed by atoms with E-state index in [4.69, 9.17) is 0 Å². The molecule has 2 unspecified atom stereocenters. The molecule has 0 spiro atoms. The number of carbonyl (C=O) groups excluding carboxylic acids is 2. The summed E-state index contributed by atoms with van der Waals surface area (Å²) in [5.74, 6) is -0.377. The number of rotatable bonds is 4. The lowest BCUT2D eigenvalue weighted by Gasteiger charge is -2.46. The third-order valence-electron chi connectivity index (χ3n) is 7.10. The molecule has 3 saturated carbocycles. The minimum absolute atomic E-state index is 0.00467. The number of hydrogen-bond donors (Lipinski definition) is 0. The third kappa shape index (κ3) is 2.86. The molecular weight excluding hydrogens is 328 g/mol. The van der Waals surface area contributed by atoms with Gasteiger partial charge in [-0.25, -0.2) is 0 Å². The van der Waals surface area contributed by atoms with Gasteiger partial charge in [-0.1, -0.05) is 6.42 Å². The molecule has 140 valence electrons. The van der Waals surface area contributed by atoms with Gasteiger partial charge >= 0.3 is 0 Å². The molecule has 0 N–H and O–H groups in total. The van der Waals surface area contributed by atoms with Gasteiger partial charge in [-0.15, -0.1) is 0 Å². The predicted octanol–water partition coefficient (Wildman–Crippen LogP) is 2.60. The average Bonchev–Trinajstić information content (AvgIpc) is 2.59. The summed E-state index contributed by atoms with van der Waals surface area (Å²) in [7, 11) is 3.47. The van der Waals surface area contributed by atoms with E-state index in [-0.39, 0.29) is 23.7 Å². The maximum atomic E-state index is 13.0. The Labute approximate surface area is 155 Å². The first-order chi connectivity index (χ1) is 12.4. The van der Waals surface area contributed by atoms with E-state index in [0.29, 0.717) is 6.42 Å². The highest BCUT2D eigenvalue weighted by Gasteiger charge is 2.48. The van der Waals surface area contributed by atoms with Crippen molar-refractivity contribution < 1.29 is 9.59 Å². The number of nitriles is 2. The fourth-order valence-corrected chi connectivity index (χ4v) is 4.68. The normalized spacial score (nSPS) is 28.5. The standard InChI is InChI=1S/C20H28N4O2/c1-23(19(13-21)8-4-9-19)17(25)15-6-3-7-16(12-15)18(26)24(2)20(14-22)10-5-11-20/h15-16H,3-12H2,1-2H3. The second-order valence-corrected chi connectivity index (χ2v) is 8.35. The van der Waals surface area contributed by atoms with Crippen molar-refractivity contribution in [2.24, 2.45) is 11.8 Å². The van der Waals surface area contributed by atoms with Gasteiger partial charge < -0.3 is 9.80 Å². The van der Waals surface area contributed by atoms with E-state index in [9.17, 15) is 20.1 Å². The molecule has 0 radical (unpaired) electrons. The van der Waals surface area contributed by atoms with Gasteiger partial charge in [-0.2, -0.15) is 10.5 Å². The average molecular weight is 356 g/mol. The fraction of sp³-hybridized carbons (Fsp3) is 0.800. The minimum atomic E-state index is -0.637. The summed E-state index contributed by atoms with van der Waals surface area (Å²) in [6, 6.07) is 4.65. The van der Waals surface area contributed by atoms with Gasteiger partial charge in [0.1, 0.15) is 11.1 Å². The zero-order valence-electron chi connectivity index (χ0n) is 15.8. The molecule has 6 nitrogen and oxygen atoms in total. The third-order valence-corrected chi connectivity index (χ3v) is 7.10. The van der Waals surface area contributed by atoms with Crippen molar-refractivity contribution in [2.75, 3.05) is 14.1 Å². The summed E-state index contributed by atoms with van der Waals surface area (Å²) in [6.07, 6.45) is 7.88. The Bertz CT molecular complexity index is 610. The van der Waals surface area contributed by atoms with E-state index in [1.54, 1.807) is 23.9 Å². The molecular formula is C20H28N4O2. The largest absolute Gasteiger partial charge is 0.327 e. The van der Waals surface area contributed by atoms with Crippen LogP contribution in [0, 0.1) is 34.5 Å². The lowest BCUT2D eigenvalue weighted by Crippen LogP contribution is -2.56. The number of carbonyl (C=O) groups is 2. The van der Waals surface area contributed by atoms with Crippen molar-refractivity contribution in [1.82, 2.24) is 9.80 Å². The Hall–Kier alpha value is -2.08. The fourth-order valence-electron chi connectivity index (χ4n) is 4.68. The van der Waals surface area contributed by atoms with Crippen molar-refractivity contribution in [3.63, 3.8) is 0 Å². The summed E-state index contributed by atoms with van der Waals surface area (Å²) in [6.45, 7) is 0. The zero-order chi connectivity index (χ0) is 18.9. The van der Waals surface area contributed by atoms with Gasteiger partial charge in [0.25, 0.3) is 0 Å². The van der Waals surface area contributed by atoms with Crippen LogP contribution < -0.4 is 0 Å². The maximum Gasteiger partial charge on any atom is 0.226 e. The van der Waals surface area contributed by atoms with E-state index in [2.05, 4.69) is 12.1 Å². The van der Waals surface area contributed by atoms with Crippen molar-refractivity contribution in [3.05, 3.63) is 0 Å². The Morgan fingerprint density at radius 3 is 1.46 bits per heavy atom. The predicted molar refractivity (Wildman–Crippen MR) is 95.4 cm³/mol. The van der Waals surface area contributed by atoms with Gasteiger partial charge in [0, 0.05) is 25.9 Å². The molecule has 3 aliphatic carbocycles. The van der Waals surface area contributed by atoms with E-state index in [1.165, 1.54) is 0 Å². The van der Waals surface area contributed by atoms with E-state index >= 15 is 0 Å². The van der Waals surface area contributed by atoms with Crippen molar-refractivity contribution >= 4 is 11.8 Å². The van der Waals surface area contributed by atoms with Crippen molar-refractivity contribution in [2.45, 2.75) is 75.3 Å². The summed E-state index contributed by atoms with van der Waals surface area (Å²) in [5, 5.41) is 19.0. The first-order valence-corrected chi connectivity index (χ1v) is 9.77. The Balaban J connectivity index is 1.66. The molecule has 0 saturated heterocycles. The number of amides is 2. The van der Waals surface area contributed by atoms with Crippen LogP contribution >= 0.6 is 0 Å². The summed E-state index contributed by atoms with van der Waals surface area (Å²) < 4.78 is 0. The molecule has 0 aliphatic heterocycles. The minimum Gasteiger partial charge on any atom is -0.327 e. The van der Waals surface area contributed by atoms with Gasteiger partial charge in [-0.3, -0.25) is 9.59 Å². The second-order valence-electron chi connectivity index (χ2n) is 8.35. The van der Waals surface area contributed by atoms with Crippen LogP contribution in [-0.4, -0.2) is 46.8 Å². The molecule has 2 amide bonds. The summed E-state index contributed by atoms with van der Waals surface area (Å²) in [4.78, 5) is 29.2. The number of nitrogens with zero attached hydrogens (tertiary/aromatic N) is 4. The van der Waals surface area contributed by atoms with Gasteiger partial charge in [-0.05, 0) is 57.8 Å².